The van der Waals surface area contributed by atoms with Crippen molar-refractivity contribution in [2.24, 2.45) is 5.16 Å². The zero-order chi connectivity index (χ0) is 21.3. The van der Waals surface area contributed by atoms with Crippen LogP contribution in [0, 0.1) is 0 Å². The molecule has 1 aliphatic heterocycles. The molecule has 0 bridgehead atoms. The van der Waals surface area contributed by atoms with Gasteiger partial charge < -0.3 is 19.2 Å². The topological polar surface area (TPSA) is 60.4 Å². The van der Waals surface area contributed by atoms with Crippen molar-refractivity contribution in [1.29, 1.82) is 0 Å². The van der Waals surface area contributed by atoms with E-state index in [0.717, 1.165) is 30.4 Å². The summed E-state index contributed by atoms with van der Waals surface area (Å²) < 4.78 is 11.3. The quantitative estimate of drug-likeness (QED) is 0.478. The van der Waals surface area contributed by atoms with E-state index < -0.39 is 0 Å². The number of amides is 1. The van der Waals surface area contributed by atoms with Gasteiger partial charge in [0, 0.05) is 17.6 Å². The van der Waals surface area contributed by atoms with Gasteiger partial charge in [-0.25, -0.2) is 0 Å². The smallest absolute Gasteiger partial charge is 0.263 e. The second kappa shape index (κ2) is 10.7. The molecule has 3 rings (SSSR count). The number of hydrogen-bond donors (Lipinski definition) is 0. The number of rotatable bonds is 8. The molecule has 0 aromatic heterocycles. The molecule has 6 heteroatoms. The van der Waals surface area contributed by atoms with Crippen molar-refractivity contribution in [3.63, 3.8) is 0 Å². The van der Waals surface area contributed by atoms with Crippen LogP contribution in [0.2, 0.25) is 0 Å². The van der Waals surface area contributed by atoms with Crippen LogP contribution in [0.5, 0.6) is 11.5 Å². The minimum Gasteiger partial charge on any atom is -0.493 e. The first-order valence-corrected chi connectivity index (χ1v) is 10.4. The van der Waals surface area contributed by atoms with E-state index in [1.54, 1.807) is 13.3 Å². The van der Waals surface area contributed by atoms with Crippen LogP contribution in [-0.2, 0) is 16.2 Å². The summed E-state index contributed by atoms with van der Waals surface area (Å²) in [7, 11) is 1.61. The lowest BCUT2D eigenvalue weighted by Crippen LogP contribution is -2.48. The van der Waals surface area contributed by atoms with Gasteiger partial charge in [0.1, 0.15) is 6.61 Å². The van der Waals surface area contributed by atoms with Gasteiger partial charge >= 0.3 is 0 Å². The Morgan fingerprint density at radius 3 is 2.53 bits per heavy atom. The Balaban J connectivity index is 1.56. The van der Waals surface area contributed by atoms with Crippen molar-refractivity contribution >= 4 is 12.1 Å². The van der Waals surface area contributed by atoms with Gasteiger partial charge in [-0.05, 0) is 56.9 Å². The highest BCUT2D eigenvalue weighted by atomic mass is 16.6. The number of carbonyl (C=O) groups is 1. The minimum absolute atomic E-state index is 0.0199. The van der Waals surface area contributed by atoms with E-state index in [2.05, 4.69) is 19.0 Å². The zero-order valence-corrected chi connectivity index (χ0v) is 17.9. The van der Waals surface area contributed by atoms with Crippen molar-refractivity contribution in [3.8, 4) is 11.5 Å². The number of nitrogens with zero attached hydrogens (tertiary/aromatic N) is 2. The van der Waals surface area contributed by atoms with Crippen molar-refractivity contribution < 1.29 is 19.1 Å². The van der Waals surface area contributed by atoms with Gasteiger partial charge in [-0.3, -0.25) is 4.79 Å². The molecule has 0 unspecified atom stereocenters. The SMILES string of the molecule is COc1ccc(/C=N\OCC(=O)N2[C@@H](C)CCC[C@@H]2C)cc1OCc1ccccc1. The van der Waals surface area contributed by atoms with Crippen molar-refractivity contribution in [1.82, 2.24) is 4.90 Å². The Hall–Kier alpha value is -3.02. The number of methoxy groups -OCH3 is 1. The number of likely N-dealkylation sites (tertiary alicyclic amines) is 1. The van der Waals surface area contributed by atoms with Crippen molar-refractivity contribution in [2.75, 3.05) is 13.7 Å². The van der Waals surface area contributed by atoms with Gasteiger partial charge in [0.25, 0.3) is 5.91 Å². The maximum atomic E-state index is 12.5. The van der Waals surface area contributed by atoms with Gasteiger partial charge in [-0.1, -0.05) is 35.5 Å². The highest BCUT2D eigenvalue weighted by Crippen LogP contribution is 2.28. The van der Waals surface area contributed by atoms with E-state index in [1.807, 2.05) is 53.4 Å². The van der Waals surface area contributed by atoms with Crippen LogP contribution in [0.3, 0.4) is 0 Å². The molecular formula is C24H30N2O4. The lowest BCUT2D eigenvalue weighted by molar-refractivity contribution is -0.142. The lowest BCUT2D eigenvalue weighted by Gasteiger charge is -2.38. The van der Waals surface area contributed by atoms with Crippen LogP contribution >= 0.6 is 0 Å². The fourth-order valence-electron chi connectivity index (χ4n) is 3.80. The first-order valence-electron chi connectivity index (χ1n) is 10.4. The third-order valence-electron chi connectivity index (χ3n) is 5.37. The van der Waals surface area contributed by atoms with Crippen LogP contribution in [0.1, 0.15) is 44.2 Å². The molecule has 2 aromatic rings. The molecule has 0 aliphatic carbocycles. The summed E-state index contributed by atoms with van der Waals surface area (Å²) in [4.78, 5) is 19.7. The molecule has 1 heterocycles. The zero-order valence-electron chi connectivity index (χ0n) is 17.9. The predicted molar refractivity (Wildman–Crippen MR) is 117 cm³/mol. The van der Waals surface area contributed by atoms with Crippen LogP contribution in [0.4, 0.5) is 0 Å². The molecular weight excluding hydrogens is 380 g/mol. The summed E-state index contributed by atoms with van der Waals surface area (Å²) in [6.07, 6.45) is 4.82. The summed E-state index contributed by atoms with van der Waals surface area (Å²) in [5.74, 6) is 1.25. The molecule has 1 aliphatic rings. The molecule has 1 amide bonds. The van der Waals surface area contributed by atoms with E-state index in [9.17, 15) is 4.79 Å². The molecule has 0 radical (unpaired) electrons. The fraction of sp³-hybridized carbons (Fsp3) is 0.417. The molecule has 6 nitrogen and oxygen atoms in total. The highest BCUT2D eigenvalue weighted by Gasteiger charge is 2.28. The Morgan fingerprint density at radius 1 is 1.10 bits per heavy atom. The van der Waals surface area contributed by atoms with Crippen LogP contribution in [0.15, 0.2) is 53.7 Å². The van der Waals surface area contributed by atoms with Crippen molar-refractivity contribution in [3.05, 3.63) is 59.7 Å². The third kappa shape index (κ3) is 5.75. The van der Waals surface area contributed by atoms with E-state index in [0.29, 0.717) is 18.1 Å². The lowest BCUT2D eigenvalue weighted by atomic mass is 9.97. The molecule has 2 atom stereocenters. The van der Waals surface area contributed by atoms with Gasteiger partial charge in [0.05, 0.1) is 13.3 Å². The molecule has 160 valence electrons. The van der Waals surface area contributed by atoms with E-state index in [1.165, 1.54) is 0 Å². The average molecular weight is 411 g/mol. The largest absolute Gasteiger partial charge is 0.493 e. The molecule has 1 saturated heterocycles. The Morgan fingerprint density at radius 2 is 1.83 bits per heavy atom. The summed E-state index contributed by atoms with van der Waals surface area (Å²) in [5.41, 5.74) is 1.87. The molecule has 1 fully saturated rings. The summed E-state index contributed by atoms with van der Waals surface area (Å²) in [6.45, 7) is 4.56. The number of oxime groups is 1. The van der Waals surface area contributed by atoms with E-state index >= 15 is 0 Å². The molecule has 0 spiro atoms. The standard InChI is InChI=1S/C24H30N2O4/c1-18-8-7-9-19(2)26(18)24(27)17-30-25-15-21-12-13-22(28-3)23(14-21)29-16-20-10-5-4-6-11-20/h4-6,10-15,18-19H,7-9,16-17H2,1-3H3/b25-15-/t18-,19-/m0/s1. The van der Waals surface area contributed by atoms with E-state index in [-0.39, 0.29) is 24.6 Å². The number of piperidine rings is 1. The van der Waals surface area contributed by atoms with Crippen molar-refractivity contribution in [2.45, 2.75) is 51.8 Å². The number of carbonyl (C=O) groups excluding carboxylic acids is 1. The predicted octanol–water partition coefficient (Wildman–Crippen LogP) is 4.41. The highest BCUT2D eigenvalue weighted by molar-refractivity contribution is 5.81. The maximum absolute atomic E-state index is 12.5. The first-order chi connectivity index (χ1) is 14.6. The summed E-state index contributed by atoms with van der Waals surface area (Å²) in [5, 5.41) is 3.97. The number of ether oxygens (including phenoxy) is 2. The summed E-state index contributed by atoms with van der Waals surface area (Å²) in [6, 6.07) is 16.0. The van der Waals surface area contributed by atoms with Gasteiger partial charge in [-0.15, -0.1) is 0 Å². The van der Waals surface area contributed by atoms with Gasteiger partial charge in [0.15, 0.2) is 18.1 Å². The molecule has 30 heavy (non-hydrogen) atoms. The minimum atomic E-state index is -0.0568. The van der Waals surface area contributed by atoms with Gasteiger partial charge in [-0.2, -0.15) is 0 Å². The average Bonchev–Trinajstić information content (AvgIpc) is 2.76. The maximum Gasteiger partial charge on any atom is 0.263 e. The Bertz CT molecular complexity index is 844. The number of benzene rings is 2. The van der Waals surface area contributed by atoms with Gasteiger partial charge in [0.2, 0.25) is 0 Å². The fourth-order valence-corrected chi connectivity index (χ4v) is 3.80. The molecule has 2 aromatic carbocycles. The van der Waals surface area contributed by atoms with Crippen LogP contribution in [0.25, 0.3) is 0 Å². The van der Waals surface area contributed by atoms with E-state index in [4.69, 9.17) is 14.3 Å². The second-order valence-corrected chi connectivity index (χ2v) is 7.62. The first kappa shape index (κ1) is 21.7. The second-order valence-electron chi connectivity index (χ2n) is 7.62. The number of hydrogen-bond acceptors (Lipinski definition) is 5. The monoisotopic (exact) mass is 410 g/mol. The van der Waals surface area contributed by atoms with Crippen LogP contribution in [-0.4, -0.2) is 42.8 Å². The Labute approximate surface area is 178 Å². The summed E-state index contributed by atoms with van der Waals surface area (Å²) >= 11 is 0. The third-order valence-corrected chi connectivity index (χ3v) is 5.37. The molecule has 0 saturated carbocycles. The molecule has 0 N–H and O–H groups in total. The normalized spacial score (nSPS) is 19.0. The van der Waals surface area contributed by atoms with Crippen LogP contribution < -0.4 is 9.47 Å². The Kier molecular flexibility index (Phi) is 7.71.